The van der Waals surface area contributed by atoms with Crippen LogP contribution in [0.1, 0.15) is 71.1 Å². The van der Waals surface area contributed by atoms with Gasteiger partial charge in [-0.1, -0.05) is 25.7 Å². The van der Waals surface area contributed by atoms with Crippen molar-refractivity contribution in [3.8, 4) is 0 Å². The minimum absolute atomic E-state index is 0.0603. The van der Waals surface area contributed by atoms with Gasteiger partial charge < -0.3 is 19.6 Å². The van der Waals surface area contributed by atoms with Crippen LogP contribution in [0.15, 0.2) is 0 Å². The predicted molar refractivity (Wildman–Crippen MR) is 98.5 cm³/mol. The molecule has 1 atom stereocenters. The van der Waals surface area contributed by atoms with Crippen molar-refractivity contribution in [2.45, 2.75) is 88.4 Å². The predicted octanol–water partition coefficient (Wildman–Crippen LogP) is 2.56. The number of nitrogens with zero attached hydrogens (tertiary/aromatic N) is 2. The van der Waals surface area contributed by atoms with E-state index in [1.807, 2.05) is 11.9 Å². The molecule has 0 aromatic rings. The third kappa shape index (κ3) is 4.75. The molecule has 0 aromatic heterocycles. The zero-order valence-electron chi connectivity index (χ0n) is 16.1. The Labute approximate surface area is 152 Å². The summed E-state index contributed by atoms with van der Waals surface area (Å²) in [6.07, 6.45) is 10.7. The summed E-state index contributed by atoms with van der Waals surface area (Å²) in [5, 5.41) is 11.0. The van der Waals surface area contributed by atoms with Crippen molar-refractivity contribution in [2.75, 3.05) is 33.3 Å². The number of hydrogen-bond donors (Lipinski definition) is 1. The Morgan fingerprint density at radius 3 is 2.40 bits per heavy atom. The van der Waals surface area contributed by atoms with Crippen LogP contribution in [0.2, 0.25) is 0 Å². The van der Waals surface area contributed by atoms with Crippen LogP contribution in [0.4, 0.5) is 0 Å². The molecule has 1 spiro atoms. The minimum Gasteiger partial charge on any atom is -0.389 e. The molecule has 1 saturated carbocycles. The molecule has 3 rings (SSSR count). The molecule has 2 saturated heterocycles. The van der Waals surface area contributed by atoms with Gasteiger partial charge in [0.05, 0.1) is 11.2 Å². The van der Waals surface area contributed by atoms with Crippen LogP contribution in [-0.2, 0) is 9.53 Å². The largest absolute Gasteiger partial charge is 0.389 e. The van der Waals surface area contributed by atoms with Gasteiger partial charge in [0.1, 0.15) is 0 Å². The normalized spacial score (nSPS) is 30.0. The van der Waals surface area contributed by atoms with E-state index in [2.05, 4.69) is 4.90 Å². The molecule has 3 aliphatic rings. The summed E-state index contributed by atoms with van der Waals surface area (Å²) in [6.45, 7) is 5.22. The van der Waals surface area contributed by atoms with Crippen molar-refractivity contribution in [1.29, 1.82) is 0 Å². The van der Waals surface area contributed by atoms with Crippen LogP contribution in [0.3, 0.4) is 0 Å². The van der Waals surface area contributed by atoms with Gasteiger partial charge in [-0.3, -0.25) is 4.79 Å². The first-order valence-electron chi connectivity index (χ1n) is 10.2. The van der Waals surface area contributed by atoms with E-state index in [9.17, 15) is 9.90 Å². The van der Waals surface area contributed by atoms with E-state index in [4.69, 9.17) is 4.74 Å². The highest BCUT2D eigenvalue weighted by Crippen LogP contribution is 2.37. The molecule has 2 aliphatic heterocycles. The molecule has 1 N–H and O–H groups in total. The molecule has 2 heterocycles. The van der Waals surface area contributed by atoms with Gasteiger partial charge in [0, 0.05) is 46.3 Å². The maximum absolute atomic E-state index is 11.7. The summed E-state index contributed by atoms with van der Waals surface area (Å²) < 4.78 is 6.22. The lowest BCUT2D eigenvalue weighted by molar-refractivity contribution is -0.149. The lowest BCUT2D eigenvalue weighted by Gasteiger charge is -2.48. The first kappa shape index (κ1) is 19.1. The van der Waals surface area contributed by atoms with Crippen LogP contribution in [0.5, 0.6) is 0 Å². The van der Waals surface area contributed by atoms with Gasteiger partial charge in [0.15, 0.2) is 0 Å². The quantitative estimate of drug-likeness (QED) is 0.793. The summed E-state index contributed by atoms with van der Waals surface area (Å²) in [7, 11) is 1.92. The highest BCUT2D eigenvalue weighted by Gasteiger charge is 2.42. The number of aliphatic hydroxyl groups is 1. The van der Waals surface area contributed by atoms with Gasteiger partial charge in [-0.15, -0.1) is 0 Å². The molecule has 0 aromatic carbocycles. The van der Waals surface area contributed by atoms with E-state index in [0.29, 0.717) is 6.04 Å². The SMILES string of the molecule is CC(=O)N(C)[C@@H]1CCOC2(CCN(CC3(O)CCCCCC3)CC2)C1. The van der Waals surface area contributed by atoms with E-state index >= 15 is 0 Å². The third-order valence-corrected chi connectivity index (χ3v) is 6.83. The maximum Gasteiger partial charge on any atom is 0.219 e. The average molecular weight is 353 g/mol. The Balaban J connectivity index is 1.53. The van der Waals surface area contributed by atoms with Crippen molar-refractivity contribution >= 4 is 5.91 Å². The molecule has 0 bridgehead atoms. The van der Waals surface area contributed by atoms with Gasteiger partial charge in [-0.2, -0.15) is 0 Å². The van der Waals surface area contributed by atoms with Gasteiger partial charge in [-0.25, -0.2) is 0 Å². The van der Waals surface area contributed by atoms with Gasteiger partial charge >= 0.3 is 0 Å². The number of carbonyl (C=O) groups excluding carboxylic acids is 1. The van der Waals surface area contributed by atoms with Gasteiger partial charge in [-0.05, 0) is 38.5 Å². The Bertz CT molecular complexity index is 452. The second-order valence-corrected chi connectivity index (χ2v) is 8.72. The first-order valence-corrected chi connectivity index (χ1v) is 10.2. The Morgan fingerprint density at radius 1 is 1.16 bits per heavy atom. The van der Waals surface area contributed by atoms with Crippen LogP contribution in [0, 0.1) is 0 Å². The molecule has 5 heteroatoms. The fourth-order valence-electron chi connectivity index (χ4n) is 5.02. The molecular weight excluding hydrogens is 316 g/mol. The topological polar surface area (TPSA) is 53.0 Å². The molecule has 3 fully saturated rings. The van der Waals surface area contributed by atoms with Crippen molar-refractivity contribution in [3.05, 3.63) is 0 Å². The lowest BCUT2D eigenvalue weighted by Crippen LogP contribution is -2.55. The fraction of sp³-hybridized carbons (Fsp3) is 0.950. The molecule has 0 unspecified atom stereocenters. The number of carbonyl (C=O) groups is 1. The molecule has 0 radical (unpaired) electrons. The van der Waals surface area contributed by atoms with Gasteiger partial charge in [0.2, 0.25) is 5.91 Å². The molecule has 5 nitrogen and oxygen atoms in total. The second-order valence-electron chi connectivity index (χ2n) is 8.72. The number of hydrogen-bond acceptors (Lipinski definition) is 4. The molecule has 1 amide bonds. The van der Waals surface area contributed by atoms with Crippen LogP contribution in [0.25, 0.3) is 0 Å². The monoisotopic (exact) mass is 352 g/mol. The van der Waals surface area contributed by atoms with E-state index in [1.54, 1.807) is 6.92 Å². The van der Waals surface area contributed by atoms with Gasteiger partial charge in [0.25, 0.3) is 0 Å². The number of rotatable bonds is 3. The van der Waals surface area contributed by atoms with Crippen LogP contribution >= 0.6 is 0 Å². The summed E-state index contributed by atoms with van der Waals surface area (Å²) in [6, 6.07) is 0.309. The van der Waals surface area contributed by atoms with Crippen molar-refractivity contribution in [2.24, 2.45) is 0 Å². The Morgan fingerprint density at radius 2 is 1.80 bits per heavy atom. The molecule has 144 valence electrons. The number of β-amino-alcohol motifs (C(OH)–C–C–N with tert-alkyl or cyclic N) is 1. The number of amides is 1. The smallest absolute Gasteiger partial charge is 0.219 e. The second kappa shape index (κ2) is 7.93. The number of likely N-dealkylation sites (tertiary alicyclic amines) is 1. The van der Waals surface area contributed by atoms with E-state index in [0.717, 1.165) is 77.6 Å². The van der Waals surface area contributed by atoms with Crippen LogP contribution < -0.4 is 0 Å². The summed E-state index contributed by atoms with van der Waals surface area (Å²) in [5.74, 6) is 0.148. The van der Waals surface area contributed by atoms with Crippen LogP contribution in [-0.4, -0.2) is 71.3 Å². The fourth-order valence-corrected chi connectivity index (χ4v) is 5.02. The van der Waals surface area contributed by atoms with E-state index in [-0.39, 0.29) is 11.5 Å². The Kier molecular flexibility index (Phi) is 6.07. The third-order valence-electron chi connectivity index (χ3n) is 6.83. The average Bonchev–Trinajstić information content (AvgIpc) is 2.81. The van der Waals surface area contributed by atoms with E-state index < -0.39 is 5.60 Å². The lowest BCUT2D eigenvalue weighted by atomic mass is 9.81. The standard InChI is InChI=1S/C20H36N2O3/c1-17(23)21(2)18-7-14-25-20(15-18)10-12-22(13-11-20)16-19(24)8-5-3-4-6-9-19/h18,24H,3-16H2,1-2H3/t18-/m1/s1. The first-order chi connectivity index (χ1) is 11.9. The zero-order chi connectivity index (χ0) is 17.9. The van der Waals surface area contributed by atoms with Crippen molar-refractivity contribution < 1.29 is 14.6 Å². The maximum atomic E-state index is 11.7. The summed E-state index contributed by atoms with van der Waals surface area (Å²) >= 11 is 0. The molecular formula is C20H36N2O3. The molecule has 25 heavy (non-hydrogen) atoms. The van der Waals surface area contributed by atoms with Crippen molar-refractivity contribution in [3.63, 3.8) is 0 Å². The number of ether oxygens (including phenoxy) is 1. The summed E-state index contributed by atoms with van der Waals surface area (Å²) in [5.41, 5.74) is -0.541. The van der Waals surface area contributed by atoms with Crippen molar-refractivity contribution in [1.82, 2.24) is 9.80 Å². The highest BCUT2D eigenvalue weighted by atomic mass is 16.5. The molecule has 1 aliphatic carbocycles. The minimum atomic E-state index is -0.480. The summed E-state index contributed by atoms with van der Waals surface area (Å²) in [4.78, 5) is 16.0. The Hall–Kier alpha value is -0.650. The number of piperidine rings is 1. The van der Waals surface area contributed by atoms with E-state index in [1.165, 1.54) is 12.8 Å². The highest BCUT2D eigenvalue weighted by molar-refractivity contribution is 5.73. The zero-order valence-corrected chi connectivity index (χ0v) is 16.1.